The lowest BCUT2D eigenvalue weighted by molar-refractivity contribution is -0.120. The first-order chi connectivity index (χ1) is 13.5. The van der Waals surface area contributed by atoms with Crippen molar-refractivity contribution in [2.24, 2.45) is 0 Å². The van der Waals surface area contributed by atoms with Crippen molar-refractivity contribution in [1.29, 1.82) is 0 Å². The van der Waals surface area contributed by atoms with Gasteiger partial charge < -0.3 is 15.0 Å². The van der Waals surface area contributed by atoms with Crippen molar-refractivity contribution >= 4 is 23.2 Å². The van der Waals surface area contributed by atoms with Crippen LogP contribution in [-0.2, 0) is 11.3 Å². The van der Waals surface area contributed by atoms with E-state index in [0.29, 0.717) is 31.6 Å². The molecule has 0 saturated carbocycles. The third kappa shape index (κ3) is 4.67. The molecule has 1 fully saturated rings. The fraction of sp³-hybridized carbons (Fsp3) is 0.450. The van der Waals surface area contributed by atoms with Crippen LogP contribution in [0.1, 0.15) is 53.2 Å². The first-order valence-electron chi connectivity index (χ1n) is 9.35. The Morgan fingerprint density at radius 2 is 2.25 bits per heavy atom. The highest BCUT2D eigenvalue weighted by Crippen LogP contribution is 2.30. The Morgan fingerprint density at radius 1 is 1.43 bits per heavy atom. The zero-order chi connectivity index (χ0) is 20.1. The standard InChI is InChI=1S/C20H24FN3O3S/c1-3-18(25)22-10-15-12-28-19(23-15)14-5-4-8-24(11-14)20(26)13-6-7-17(27-2)16(21)9-13/h6-7,9,12,14H,3-5,8,10-11H2,1-2H3,(H,22,25)/t14-/m1/s1. The lowest BCUT2D eigenvalue weighted by atomic mass is 9.98. The summed E-state index contributed by atoms with van der Waals surface area (Å²) >= 11 is 1.56. The number of amides is 2. The van der Waals surface area contributed by atoms with Gasteiger partial charge in [0.25, 0.3) is 5.91 Å². The summed E-state index contributed by atoms with van der Waals surface area (Å²) in [5, 5.41) is 5.74. The molecule has 1 aliphatic rings. The van der Waals surface area contributed by atoms with Crippen LogP contribution < -0.4 is 10.1 Å². The normalized spacial score (nSPS) is 16.7. The van der Waals surface area contributed by atoms with E-state index < -0.39 is 5.82 Å². The highest BCUT2D eigenvalue weighted by Gasteiger charge is 2.27. The van der Waals surface area contributed by atoms with Crippen LogP contribution in [0.25, 0.3) is 0 Å². The Balaban J connectivity index is 1.65. The summed E-state index contributed by atoms with van der Waals surface area (Å²) in [7, 11) is 1.39. The molecule has 2 amide bonds. The van der Waals surface area contributed by atoms with Gasteiger partial charge in [-0.3, -0.25) is 9.59 Å². The fourth-order valence-electron chi connectivity index (χ4n) is 3.25. The predicted molar refractivity (Wildman–Crippen MR) is 105 cm³/mol. The van der Waals surface area contributed by atoms with Gasteiger partial charge in [0.15, 0.2) is 11.6 Å². The van der Waals surface area contributed by atoms with Crippen LogP contribution in [0, 0.1) is 5.82 Å². The smallest absolute Gasteiger partial charge is 0.253 e. The van der Waals surface area contributed by atoms with E-state index in [-0.39, 0.29) is 23.5 Å². The Kier molecular flexibility index (Phi) is 6.61. The summed E-state index contributed by atoms with van der Waals surface area (Å²) in [4.78, 5) is 30.6. The van der Waals surface area contributed by atoms with Crippen molar-refractivity contribution in [2.75, 3.05) is 20.2 Å². The molecule has 150 valence electrons. The summed E-state index contributed by atoms with van der Waals surface area (Å²) in [6.45, 7) is 3.43. The van der Waals surface area contributed by atoms with E-state index in [2.05, 4.69) is 10.3 Å². The lowest BCUT2D eigenvalue weighted by Crippen LogP contribution is -2.39. The molecule has 6 nitrogen and oxygen atoms in total. The van der Waals surface area contributed by atoms with Gasteiger partial charge in [0.05, 0.1) is 24.4 Å². The maximum Gasteiger partial charge on any atom is 0.253 e. The minimum atomic E-state index is -0.541. The maximum atomic E-state index is 13.9. The molecule has 28 heavy (non-hydrogen) atoms. The minimum absolute atomic E-state index is 0.00397. The van der Waals surface area contributed by atoms with Crippen LogP contribution in [0.3, 0.4) is 0 Å². The van der Waals surface area contributed by atoms with Gasteiger partial charge in [-0.25, -0.2) is 9.37 Å². The molecule has 0 spiro atoms. The average Bonchev–Trinajstić information content (AvgIpc) is 3.20. The van der Waals surface area contributed by atoms with Crippen molar-refractivity contribution < 1.29 is 18.7 Å². The summed E-state index contributed by atoms with van der Waals surface area (Å²) < 4.78 is 18.9. The van der Waals surface area contributed by atoms with Gasteiger partial charge in [-0.15, -0.1) is 11.3 Å². The highest BCUT2D eigenvalue weighted by molar-refractivity contribution is 7.09. The number of likely N-dealkylation sites (tertiary alicyclic amines) is 1. The topological polar surface area (TPSA) is 71.5 Å². The van der Waals surface area contributed by atoms with Gasteiger partial charge in [0.1, 0.15) is 0 Å². The van der Waals surface area contributed by atoms with Crippen molar-refractivity contribution in [3.63, 3.8) is 0 Å². The van der Waals surface area contributed by atoms with Crippen molar-refractivity contribution in [1.82, 2.24) is 15.2 Å². The number of nitrogens with zero attached hydrogens (tertiary/aromatic N) is 2. The Morgan fingerprint density at radius 3 is 2.96 bits per heavy atom. The monoisotopic (exact) mass is 405 g/mol. The fourth-order valence-corrected chi connectivity index (χ4v) is 4.20. The molecule has 1 aliphatic heterocycles. The van der Waals surface area contributed by atoms with Gasteiger partial charge in [-0.05, 0) is 31.0 Å². The molecular formula is C20H24FN3O3S. The molecule has 1 atom stereocenters. The van der Waals surface area contributed by atoms with Crippen molar-refractivity contribution in [3.8, 4) is 5.75 Å². The van der Waals surface area contributed by atoms with Crippen molar-refractivity contribution in [3.05, 3.63) is 45.7 Å². The first kappa shape index (κ1) is 20.3. The van der Waals surface area contributed by atoms with E-state index in [1.54, 1.807) is 22.3 Å². The Bertz CT molecular complexity index is 855. The van der Waals surface area contributed by atoms with Crippen LogP contribution in [0.5, 0.6) is 5.75 Å². The van der Waals surface area contributed by atoms with Gasteiger partial charge in [0.2, 0.25) is 5.91 Å². The van der Waals surface area contributed by atoms with E-state index >= 15 is 0 Å². The Hall–Kier alpha value is -2.48. The molecule has 8 heteroatoms. The van der Waals surface area contributed by atoms with E-state index in [1.165, 1.54) is 19.2 Å². The maximum absolute atomic E-state index is 13.9. The molecule has 1 N–H and O–H groups in total. The number of nitrogens with one attached hydrogen (secondary N) is 1. The molecule has 1 aromatic heterocycles. The predicted octanol–water partition coefficient (Wildman–Crippen LogP) is 3.34. The number of methoxy groups -OCH3 is 1. The first-order valence-corrected chi connectivity index (χ1v) is 10.2. The minimum Gasteiger partial charge on any atom is -0.494 e. The molecule has 0 radical (unpaired) electrons. The largest absolute Gasteiger partial charge is 0.494 e. The van der Waals surface area contributed by atoms with Crippen LogP contribution in [0.2, 0.25) is 0 Å². The number of hydrogen-bond donors (Lipinski definition) is 1. The Labute approximate surface area is 167 Å². The van der Waals surface area contributed by atoms with Crippen LogP contribution >= 0.6 is 11.3 Å². The SMILES string of the molecule is CCC(=O)NCc1csc([C@@H]2CCCN(C(=O)c3ccc(OC)c(F)c3)C2)n1. The van der Waals surface area contributed by atoms with Gasteiger partial charge in [0, 0.05) is 36.4 Å². The molecule has 0 aliphatic carbocycles. The van der Waals surface area contributed by atoms with Gasteiger partial charge in [-0.2, -0.15) is 0 Å². The van der Waals surface area contributed by atoms with Crippen LogP contribution in [-0.4, -0.2) is 41.9 Å². The number of aromatic nitrogens is 1. The van der Waals surface area contributed by atoms with E-state index in [9.17, 15) is 14.0 Å². The average molecular weight is 405 g/mol. The van der Waals surface area contributed by atoms with E-state index in [4.69, 9.17) is 4.74 Å². The number of rotatable bonds is 6. The lowest BCUT2D eigenvalue weighted by Gasteiger charge is -2.32. The summed E-state index contributed by atoms with van der Waals surface area (Å²) in [5.74, 6) is -0.450. The summed E-state index contributed by atoms with van der Waals surface area (Å²) in [6.07, 6.45) is 2.27. The number of carbonyl (C=O) groups is 2. The summed E-state index contributed by atoms with van der Waals surface area (Å²) in [5.41, 5.74) is 1.16. The number of benzene rings is 1. The number of ether oxygens (including phenoxy) is 1. The molecule has 2 heterocycles. The molecular weight excluding hydrogens is 381 g/mol. The zero-order valence-electron chi connectivity index (χ0n) is 16.0. The number of thiazole rings is 1. The number of hydrogen-bond acceptors (Lipinski definition) is 5. The van der Waals surface area contributed by atoms with Crippen LogP contribution in [0.15, 0.2) is 23.6 Å². The third-order valence-corrected chi connectivity index (χ3v) is 5.87. The zero-order valence-corrected chi connectivity index (χ0v) is 16.9. The van der Waals surface area contributed by atoms with E-state index in [1.807, 2.05) is 12.3 Å². The third-order valence-electron chi connectivity index (χ3n) is 4.81. The van der Waals surface area contributed by atoms with Gasteiger partial charge in [-0.1, -0.05) is 6.92 Å². The molecule has 3 rings (SSSR count). The summed E-state index contributed by atoms with van der Waals surface area (Å²) in [6, 6.07) is 4.29. The molecule has 1 aromatic carbocycles. The number of carbonyl (C=O) groups excluding carboxylic acids is 2. The van der Waals surface area contributed by atoms with Gasteiger partial charge >= 0.3 is 0 Å². The second-order valence-electron chi connectivity index (χ2n) is 6.75. The molecule has 2 aromatic rings. The number of piperidine rings is 1. The molecule has 0 bridgehead atoms. The second kappa shape index (κ2) is 9.14. The highest BCUT2D eigenvalue weighted by atomic mass is 32.1. The second-order valence-corrected chi connectivity index (χ2v) is 7.64. The number of halogens is 1. The molecule has 1 saturated heterocycles. The quantitative estimate of drug-likeness (QED) is 0.800. The van der Waals surface area contributed by atoms with E-state index in [0.717, 1.165) is 23.5 Å². The van der Waals surface area contributed by atoms with Crippen LogP contribution in [0.4, 0.5) is 4.39 Å². The van der Waals surface area contributed by atoms with Crippen molar-refractivity contribution in [2.45, 2.75) is 38.6 Å². The molecule has 0 unspecified atom stereocenters.